The maximum Gasteiger partial charge on any atom is 0.246 e. The van der Waals surface area contributed by atoms with Crippen molar-refractivity contribution < 1.29 is 9.53 Å². The zero-order chi connectivity index (χ0) is 14.5. The Morgan fingerprint density at radius 3 is 2.85 bits per heavy atom. The summed E-state index contributed by atoms with van der Waals surface area (Å²) in [6.45, 7) is 4.60. The lowest BCUT2D eigenvalue weighted by Gasteiger charge is -2.10. The fourth-order valence-corrected chi connectivity index (χ4v) is 1.84. The van der Waals surface area contributed by atoms with Gasteiger partial charge >= 0.3 is 0 Å². The first kappa shape index (κ1) is 13.9. The summed E-state index contributed by atoms with van der Waals surface area (Å²) in [7, 11) is 0. The molecule has 0 aliphatic heterocycles. The number of hydrogen-bond donors (Lipinski definition) is 2. The minimum absolute atomic E-state index is 0.129. The average molecular weight is 274 g/mol. The van der Waals surface area contributed by atoms with Crippen molar-refractivity contribution in [2.45, 2.75) is 20.4 Å². The number of nitrogen functional groups attached to an aromatic ring is 1. The van der Waals surface area contributed by atoms with Crippen molar-refractivity contribution in [3.8, 4) is 5.75 Å². The van der Waals surface area contributed by atoms with Gasteiger partial charge in [-0.3, -0.25) is 9.48 Å². The van der Waals surface area contributed by atoms with Crippen LogP contribution in [0.5, 0.6) is 5.75 Å². The molecule has 0 spiro atoms. The van der Waals surface area contributed by atoms with Crippen molar-refractivity contribution in [3.63, 3.8) is 0 Å². The van der Waals surface area contributed by atoms with Gasteiger partial charge in [-0.15, -0.1) is 0 Å². The number of nitrogens with one attached hydrogen (secondary N) is 1. The van der Waals surface area contributed by atoms with Gasteiger partial charge in [0, 0.05) is 11.9 Å². The summed E-state index contributed by atoms with van der Waals surface area (Å²) in [6, 6.07) is 7.20. The lowest BCUT2D eigenvalue weighted by atomic mass is 10.2. The smallest absolute Gasteiger partial charge is 0.246 e. The van der Waals surface area contributed by atoms with Crippen LogP contribution in [0.4, 0.5) is 11.5 Å². The van der Waals surface area contributed by atoms with E-state index in [1.807, 2.05) is 32.0 Å². The molecule has 0 fully saturated rings. The number of carbonyl (C=O) groups excluding carboxylic acids is 1. The average Bonchev–Trinajstić information content (AvgIpc) is 2.78. The van der Waals surface area contributed by atoms with E-state index >= 15 is 0 Å². The van der Waals surface area contributed by atoms with Crippen molar-refractivity contribution in [1.29, 1.82) is 0 Å². The molecule has 0 aliphatic rings. The van der Waals surface area contributed by atoms with Crippen LogP contribution < -0.4 is 15.8 Å². The van der Waals surface area contributed by atoms with Crippen LogP contribution in [-0.2, 0) is 11.3 Å². The van der Waals surface area contributed by atoms with E-state index in [-0.39, 0.29) is 12.5 Å². The number of amides is 1. The maximum absolute atomic E-state index is 11.9. The highest BCUT2D eigenvalue weighted by atomic mass is 16.5. The van der Waals surface area contributed by atoms with Crippen molar-refractivity contribution in [2.75, 3.05) is 17.7 Å². The second-order valence-corrected chi connectivity index (χ2v) is 4.40. The summed E-state index contributed by atoms with van der Waals surface area (Å²) in [5, 5.41) is 6.81. The van der Waals surface area contributed by atoms with E-state index in [2.05, 4.69) is 10.4 Å². The summed E-state index contributed by atoms with van der Waals surface area (Å²) in [5.74, 6) is 1.04. The number of anilines is 2. The van der Waals surface area contributed by atoms with Gasteiger partial charge in [0.05, 0.1) is 6.61 Å². The summed E-state index contributed by atoms with van der Waals surface area (Å²) in [5.41, 5.74) is 7.21. The van der Waals surface area contributed by atoms with Gasteiger partial charge in [0.15, 0.2) is 0 Å². The van der Waals surface area contributed by atoms with Gasteiger partial charge in [-0.2, -0.15) is 5.10 Å². The van der Waals surface area contributed by atoms with Gasteiger partial charge in [-0.1, -0.05) is 0 Å². The van der Waals surface area contributed by atoms with Gasteiger partial charge in [0.1, 0.15) is 18.1 Å². The fraction of sp³-hybridized carbons (Fsp3) is 0.286. The molecule has 2 rings (SSSR count). The van der Waals surface area contributed by atoms with Gasteiger partial charge in [-0.05, 0) is 43.7 Å². The van der Waals surface area contributed by atoms with Crippen molar-refractivity contribution in [1.82, 2.24) is 9.78 Å². The van der Waals surface area contributed by atoms with Crippen molar-refractivity contribution >= 4 is 17.4 Å². The predicted octanol–water partition coefficient (Wildman–Crippen LogP) is 1.81. The van der Waals surface area contributed by atoms with E-state index in [1.165, 1.54) is 4.68 Å². The molecule has 1 aromatic carbocycles. The second-order valence-electron chi connectivity index (χ2n) is 4.40. The molecule has 0 atom stereocenters. The van der Waals surface area contributed by atoms with Crippen LogP contribution in [-0.4, -0.2) is 22.3 Å². The van der Waals surface area contributed by atoms with Crippen LogP contribution in [0.25, 0.3) is 0 Å². The number of aromatic nitrogens is 2. The molecule has 0 saturated heterocycles. The number of aryl methyl sites for hydroxylation is 1. The Morgan fingerprint density at radius 1 is 1.45 bits per heavy atom. The van der Waals surface area contributed by atoms with Gasteiger partial charge in [0.2, 0.25) is 5.91 Å². The third-order valence-electron chi connectivity index (χ3n) is 2.75. The molecule has 6 nitrogen and oxygen atoms in total. The molecule has 20 heavy (non-hydrogen) atoms. The van der Waals surface area contributed by atoms with E-state index in [0.29, 0.717) is 12.4 Å². The Morgan fingerprint density at radius 2 is 2.25 bits per heavy atom. The van der Waals surface area contributed by atoms with Crippen LogP contribution in [0.3, 0.4) is 0 Å². The Balaban J connectivity index is 2.00. The molecule has 1 amide bonds. The molecule has 106 valence electrons. The number of nitrogens with zero attached hydrogens (tertiary/aromatic N) is 2. The molecular weight excluding hydrogens is 256 g/mol. The van der Waals surface area contributed by atoms with Crippen molar-refractivity contribution in [3.05, 3.63) is 36.0 Å². The highest BCUT2D eigenvalue weighted by molar-refractivity contribution is 5.91. The highest BCUT2D eigenvalue weighted by Crippen LogP contribution is 2.21. The molecule has 6 heteroatoms. The van der Waals surface area contributed by atoms with E-state index in [9.17, 15) is 4.79 Å². The van der Waals surface area contributed by atoms with Crippen LogP contribution in [0.15, 0.2) is 30.5 Å². The first-order valence-corrected chi connectivity index (χ1v) is 6.40. The monoisotopic (exact) mass is 274 g/mol. The molecule has 0 saturated carbocycles. The van der Waals surface area contributed by atoms with Gasteiger partial charge in [0.25, 0.3) is 0 Å². The number of ether oxygens (including phenoxy) is 1. The summed E-state index contributed by atoms with van der Waals surface area (Å²) >= 11 is 0. The largest absolute Gasteiger partial charge is 0.494 e. The highest BCUT2D eigenvalue weighted by Gasteiger charge is 2.07. The SMILES string of the molecule is CCOc1ccc(NC(=O)Cn2ccc(N)n2)c(C)c1. The lowest BCUT2D eigenvalue weighted by molar-refractivity contribution is -0.116. The topological polar surface area (TPSA) is 82.2 Å². The normalized spacial score (nSPS) is 10.3. The Labute approximate surface area is 117 Å². The second kappa shape index (κ2) is 6.10. The number of carbonyl (C=O) groups is 1. The van der Waals surface area contributed by atoms with E-state index in [1.54, 1.807) is 12.3 Å². The van der Waals surface area contributed by atoms with Crippen molar-refractivity contribution in [2.24, 2.45) is 0 Å². The standard InChI is InChI=1S/C14H18N4O2/c1-3-20-11-4-5-12(10(2)8-11)16-14(19)9-18-7-6-13(15)17-18/h4-8H,3,9H2,1-2H3,(H2,15,17)(H,16,19). The lowest BCUT2D eigenvalue weighted by Crippen LogP contribution is -2.19. The minimum Gasteiger partial charge on any atom is -0.494 e. The minimum atomic E-state index is -0.152. The third-order valence-corrected chi connectivity index (χ3v) is 2.75. The number of hydrogen-bond acceptors (Lipinski definition) is 4. The molecule has 0 radical (unpaired) electrons. The molecule has 0 bridgehead atoms. The van der Waals surface area contributed by atoms with Crippen LogP contribution >= 0.6 is 0 Å². The zero-order valence-electron chi connectivity index (χ0n) is 11.6. The number of rotatable bonds is 5. The zero-order valence-corrected chi connectivity index (χ0v) is 11.6. The maximum atomic E-state index is 11.9. The summed E-state index contributed by atoms with van der Waals surface area (Å²) in [4.78, 5) is 11.9. The Kier molecular flexibility index (Phi) is 4.24. The van der Waals surface area contributed by atoms with E-state index in [0.717, 1.165) is 17.0 Å². The molecule has 0 aliphatic carbocycles. The Hall–Kier alpha value is -2.50. The molecule has 2 aromatic rings. The Bertz CT molecular complexity index is 607. The predicted molar refractivity (Wildman–Crippen MR) is 77.6 cm³/mol. The van der Waals surface area contributed by atoms with Gasteiger partial charge in [-0.25, -0.2) is 0 Å². The molecule has 1 aromatic heterocycles. The molecule has 0 unspecified atom stereocenters. The van der Waals surface area contributed by atoms with Crippen LogP contribution in [0.2, 0.25) is 0 Å². The third kappa shape index (κ3) is 3.50. The first-order chi connectivity index (χ1) is 9.58. The molecule has 1 heterocycles. The summed E-state index contributed by atoms with van der Waals surface area (Å²) < 4.78 is 6.90. The van der Waals surface area contributed by atoms with Crippen LogP contribution in [0, 0.1) is 6.92 Å². The van der Waals surface area contributed by atoms with E-state index in [4.69, 9.17) is 10.5 Å². The summed E-state index contributed by atoms with van der Waals surface area (Å²) in [6.07, 6.45) is 1.67. The van der Waals surface area contributed by atoms with Crippen LogP contribution in [0.1, 0.15) is 12.5 Å². The molecule has 3 N–H and O–H groups in total. The fourth-order valence-electron chi connectivity index (χ4n) is 1.84. The van der Waals surface area contributed by atoms with E-state index < -0.39 is 0 Å². The number of nitrogens with two attached hydrogens (primary N) is 1. The molecular formula is C14H18N4O2. The number of benzene rings is 1. The van der Waals surface area contributed by atoms with Gasteiger partial charge < -0.3 is 15.8 Å². The first-order valence-electron chi connectivity index (χ1n) is 6.40. The quantitative estimate of drug-likeness (QED) is 0.871.